The number of nitrogens with one attached hydrogen (secondary N) is 2. The molecule has 1 amide bonds. The van der Waals surface area contributed by atoms with E-state index < -0.39 is 5.97 Å². The van der Waals surface area contributed by atoms with Gasteiger partial charge in [0.2, 0.25) is 5.91 Å². The van der Waals surface area contributed by atoms with Crippen molar-refractivity contribution in [1.82, 2.24) is 15.6 Å². The number of fused-ring (bicyclic) bond motifs is 1. The third kappa shape index (κ3) is 5.54. The molecule has 1 aromatic rings. The molecule has 3 unspecified atom stereocenters. The molecule has 3 rings (SSSR count). The molecule has 0 bridgehead atoms. The highest BCUT2D eigenvalue weighted by Gasteiger charge is 2.38. The average molecular weight is 410 g/mol. The molecule has 3 atom stereocenters. The fraction of sp³-hybridized carbons (Fsp3) is 0.688. The molecule has 142 valence electrons. The fourth-order valence-corrected chi connectivity index (χ4v) is 4.20. The summed E-state index contributed by atoms with van der Waals surface area (Å²) in [6.07, 6.45) is 5.90. The number of thiazole rings is 1. The second-order valence-electron chi connectivity index (χ2n) is 6.17. The third-order valence-corrected chi connectivity index (χ3v) is 5.48. The van der Waals surface area contributed by atoms with Crippen molar-refractivity contribution in [3.05, 3.63) is 16.1 Å². The van der Waals surface area contributed by atoms with Gasteiger partial charge in [0.05, 0.1) is 19.2 Å². The predicted octanol–water partition coefficient (Wildman–Crippen LogP) is 2.70. The molecule has 1 saturated carbocycles. The van der Waals surface area contributed by atoms with E-state index in [-0.39, 0.29) is 36.8 Å². The van der Waals surface area contributed by atoms with Crippen LogP contribution in [0.3, 0.4) is 0 Å². The number of hydrogen-bond donors (Lipinski definition) is 2. The minimum Gasteiger partial charge on any atom is -0.461 e. The van der Waals surface area contributed by atoms with Gasteiger partial charge in [0, 0.05) is 11.4 Å². The van der Waals surface area contributed by atoms with Crippen LogP contribution in [0.5, 0.6) is 0 Å². The zero-order chi connectivity index (χ0) is 16.2. The van der Waals surface area contributed by atoms with E-state index >= 15 is 0 Å². The summed E-state index contributed by atoms with van der Waals surface area (Å²) in [5.74, 6) is 0.268. The number of esters is 1. The van der Waals surface area contributed by atoms with E-state index in [0.717, 1.165) is 11.4 Å². The number of halogens is 2. The lowest BCUT2D eigenvalue weighted by atomic mass is 9.85. The van der Waals surface area contributed by atoms with Gasteiger partial charge >= 0.3 is 5.97 Å². The highest BCUT2D eigenvalue weighted by atomic mass is 35.5. The van der Waals surface area contributed by atoms with Gasteiger partial charge in [-0.1, -0.05) is 12.8 Å². The average Bonchev–Trinajstić information content (AvgIpc) is 3.19. The normalized spacial score (nSPS) is 24.4. The number of hydrogen-bond acceptors (Lipinski definition) is 6. The van der Waals surface area contributed by atoms with Crippen LogP contribution in [0.4, 0.5) is 0 Å². The monoisotopic (exact) mass is 409 g/mol. The first kappa shape index (κ1) is 22.2. The summed E-state index contributed by atoms with van der Waals surface area (Å²) in [5, 5.41) is 8.78. The van der Waals surface area contributed by atoms with Crippen LogP contribution in [0, 0.1) is 5.92 Å². The van der Waals surface area contributed by atoms with Gasteiger partial charge in [0.15, 0.2) is 5.69 Å². The van der Waals surface area contributed by atoms with Crippen LogP contribution in [-0.2, 0) is 16.1 Å². The van der Waals surface area contributed by atoms with Gasteiger partial charge in [-0.3, -0.25) is 4.79 Å². The molecule has 1 saturated heterocycles. The zero-order valence-corrected chi connectivity index (χ0v) is 16.6. The molecule has 2 fully saturated rings. The molecular formula is C16H25Cl2N3O3S. The molecule has 2 N–H and O–H groups in total. The second-order valence-corrected chi connectivity index (χ2v) is 7.11. The van der Waals surface area contributed by atoms with Crippen LogP contribution in [0.25, 0.3) is 0 Å². The molecule has 1 aliphatic heterocycles. The Labute approximate surface area is 164 Å². The maximum Gasteiger partial charge on any atom is 0.357 e. The lowest BCUT2D eigenvalue weighted by molar-refractivity contribution is -0.123. The molecule has 0 radical (unpaired) electrons. The molecule has 0 spiro atoms. The minimum atomic E-state index is -0.414. The highest BCUT2D eigenvalue weighted by Crippen LogP contribution is 2.33. The first-order valence-electron chi connectivity index (χ1n) is 8.32. The quantitative estimate of drug-likeness (QED) is 0.730. The lowest BCUT2D eigenvalue weighted by Gasteiger charge is -2.24. The van der Waals surface area contributed by atoms with Crippen LogP contribution >= 0.6 is 36.2 Å². The zero-order valence-electron chi connectivity index (χ0n) is 14.2. The Morgan fingerprint density at radius 2 is 2.12 bits per heavy atom. The van der Waals surface area contributed by atoms with Crippen LogP contribution in [0.15, 0.2) is 5.38 Å². The van der Waals surface area contributed by atoms with E-state index in [1.807, 2.05) is 0 Å². The maximum atomic E-state index is 12.3. The minimum absolute atomic E-state index is 0. The van der Waals surface area contributed by atoms with Crippen molar-refractivity contribution in [3.8, 4) is 0 Å². The van der Waals surface area contributed by atoms with E-state index in [1.54, 1.807) is 12.3 Å². The molecule has 0 aromatic carbocycles. The number of carbonyl (C=O) groups excluding carboxylic acids is 2. The number of aromatic nitrogens is 1. The van der Waals surface area contributed by atoms with Gasteiger partial charge in [-0.05, 0) is 32.1 Å². The predicted molar refractivity (Wildman–Crippen MR) is 102 cm³/mol. The van der Waals surface area contributed by atoms with Crippen molar-refractivity contribution < 1.29 is 14.3 Å². The summed E-state index contributed by atoms with van der Waals surface area (Å²) in [6.45, 7) is 2.45. The van der Waals surface area contributed by atoms with Crippen molar-refractivity contribution in [2.45, 2.75) is 57.7 Å². The molecule has 9 heteroatoms. The van der Waals surface area contributed by atoms with Crippen molar-refractivity contribution in [3.63, 3.8) is 0 Å². The second kappa shape index (κ2) is 10.3. The number of ether oxygens (including phenoxy) is 1. The Hall–Kier alpha value is -0.890. The molecular weight excluding hydrogens is 385 g/mol. The van der Waals surface area contributed by atoms with Gasteiger partial charge in [0.1, 0.15) is 5.01 Å². The SMILES string of the molecule is CCOC(=O)c1csc(CNC(=O)C2CC3CCCCC3N2)n1.Cl.Cl. The van der Waals surface area contributed by atoms with Crippen molar-refractivity contribution in [1.29, 1.82) is 0 Å². The fourth-order valence-electron chi connectivity index (χ4n) is 3.50. The number of rotatable bonds is 5. The first-order valence-corrected chi connectivity index (χ1v) is 9.20. The Morgan fingerprint density at radius 3 is 2.84 bits per heavy atom. The Bertz CT molecular complexity index is 571. The number of nitrogens with zero attached hydrogens (tertiary/aromatic N) is 1. The summed E-state index contributed by atoms with van der Waals surface area (Å²) < 4.78 is 4.91. The standard InChI is InChI=1S/C16H23N3O3S.2ClH/c1-2-22-16(21)13-9-23-14(19-13)8-17-15(20)12-7-10-5-3-4-6-11(10)18-12;;/h9-12,18H,2-8H2,1H3,(H,17,20);2*1H. The summed E-state index contributed by atoms with van der Waals surface area (Å²) in [5.41, 5.74) is 0.311. The summed E-state index contributed by atoms with van der Waals surface area (Å²) >= 11 is 1.36. The number of amides is 1. The molecule has 2 aliphatic rings. The molecule has 2 heterocycles. The largest absolute Gasteiger partial charge is 0.461 e. The van der Waals surface area contributed by atoms with Crippen LogP contribution in [-0.4, -0.2) is 35.6 Å². The Balaban J connectivity index is 0.00000156. The van der Waals surface area contributed by atoms with E-state index in [0.29, 0.717) is 30.8 Å². The Kier molecular flexibility index (Phi) is 9.13. The summed E-state index contributed by atoms with van der Waals surface area (Å²) in [6, 6.07) is 0.419. The van der Waals surface area contributed by atoms with Crippen molar-refractivity contribution >= 4 is 48.0 Å². The maximum absolute atomic E-state index is 12.3. The highest BCUT2D eigenvalue weighted by molar-refractivity contribution is 7.09. The molecule has 6 nitrogen and oxygen atoms in total. The molecule has 1 aliphatic carbocycles. The third-order valence-electron chi connectivity index (χ3n) is 4.63. The van der Waals surface area contributed by atoms with Crippen LogP contribution in [0.2, 0.25) is 0 Å². The smallest absolute Gasteiger partial charge is 0.357 e. The summed E-state index contributed by atoms with van der Waals surface area (Å²) in [7, 11) is 0. The van der Waals surface area contributed by atoms with Crippen molar-refractivity contribution in [2.75, 3.05) is 6.61 Å². The van der Waals surface area contributed by atoms with Gasteiger partial charge in [-0.15, -0.1) is 36.2 Å². The number of carbonyl (C=O) groups is 2. The van der Waals surface area contributed by atoms with Gasteiger partial charge < -0.3 is 15.4 Å². The van der Waals surface area contributed by atoms with E-state index in [1.165, 1.54) is 37.0 Å². The van der Waals surface area contributed by atoms with Gasteiger partial charge in [0.25, 0.3) is 0 Å². The topological polar surface area (TPSA) is 80.3 Å². The van der Waals surface area contributed by atoms with E-state index in [9.17, 15) is 9.59 Å². The molecule has 1 aromatic heterocycles. The van der Waals surface area contributed by atoms with Crippen LogP contribution in [0.1, 0.15) is 54.5 Å². The lowest BCUT2D eigenvalue weighted by Crippen LogP contribution is -2.42. The van der Waals surface area contributed by atoms with Gasteiger partial charge in [-0.2, -0.15) is 0 Å². The first-order chi connectivity index (χ1) is 11.2. The summed E-state index contributed by atoms with van der Waals surface area (Å²) in [4.78, 5) is 28.1. The Morgan fingerprint density at radius 1 is 1.36 bits per heavy atom. The van der Waals surface area contributed by atoms with E-state index in [4.69, 9.17) is 4.74 Å². The molecule has 25 heavy (non-hydrogen) atoms. The van der Waals surface area contributed by atoms with Crippen molar-refractivity contribution in [2.24, 2.45) is 5.92 Å². The van der Waals surface area contributed by atoms with Gasteiger partial charge in [-0.25, -0.2) is 9.78 Å². The van der Waals surface area contributed by atoms with E-state index in [2.05, 4.69) is 15.6 Å². The van der Waals surface area contributed by atoms with Crippen LogP contribution < -0.4 is 10.6 Å².